The summed E-state index contributed by atoms with van der Waals surface area (Å²) in [6.07, 6.45) is 0.713. The second-order valence-electron chi connectivity index (χ2n) is 6.69. The van der Waals surface area contributed by atoms with Crippen molar-refractivity contribution < 1.29 is 14.4 Å². The van der Waals surface area contributed by atoms with Gasteiger partial charge in [0.05, 0.1) is 0 Å². The van der Waals surface area contributed by atoms with Crippen LogP contribution in [-0.4, -0.2) is 38.4 Å². The van der Waals surface area contributed by atoms with E-state index in [2.05, 4.69) is 52.8 Å². The molecule has 1 fully saturated rings. The Morgan fingerprint density at radius 1 is 1.24 bits per heavy atom. The van der Waals surface area contributed by atoms with Crippen molar-refractivity contribution in [3.05, 3.63) is 29.3 Å². The first-order chi connectivity index (χ1) is 9.95. The zero-order chi connectivity index (χ0) is 15.4. The minimum atomic E-state index is 0.356. The fraction of sp³-hybridized carbons (Fsp3) is 0.667. The molecule has 0 radical (unpaired) electrons. The smallest absolute Gasteiger partial charge is 0.137 e. The zero-order valence-electron chi connectivity index (χ0n) is 14.1. The van der Waals surface area contributed by atoms with E-state index < -0.39 is 0 Å². The first-order valence-corrected chi connectivity index (χ1v) is 8.18. The summed E-state index contributed by atoms with van der Waals surface area (Å²) >= 11 is 0. The Kier molecular flexibility index (Phi) is 5.65. The van der Waals surface area contributed by atoms with E-state index in [0.29, 0.717) is 18.1 Å². The molecule has 1 heterocycles. The number of quaternary nitrogens is 1. The maximum atomic E-state index is 6.04. The molecule has 0 bridgehead atoms. The first-order valence-electron chi connectivity index (χ1n) is 8.18. The van der Waals surface area contributed by atoms with Gasteiger partial charge in [0.2, 0.25) is 0 Å². The highest BCUT2D eigenvalue weighted by Crippen LogP contribution is 2.24. The molecule has 1 aliphatic heterocycles. The summed E-state index contributed by atoms with van der Waals surface area (Å²) in [5.74, 6) is 1.58. The molecule has 1 unspecified atom stereocenters. The largest absolute Gasteiger partial charge is 0.487 e. The van der Waals surface area contributed by atoms with Crippen LogP contribution in [0.25, 0.3) is 0 Å². The molecule has 118 valence electrons. The maximum Gasteiger partial charge on any atom is 0.137 e. The first kappa shape index (κ1) is 16.3. The molecule has 3 nitrogen and oxygen atoms in total. The van der Waals surface area contributed by atoms with Crippen LogP contribution < -0.4 is 9.64 Å². The van der Waals surface area contributed by atoms with Crippen molar-refractivity contribution in [2.24, 2.45) is 0 Å². The summed E-state index contributed by atoms with van der Waals surface area (Å²) < 4.78 is 11.8. The summed E-state index contributed by atoms with van der Waals surface area (Å²) in [6.45, 7) is 14.9. The second kappa shape index (κ2) is 7.28. The van der Waals surface area contributed by atoms with Crippen LogP contribution in [0.3, 0.4) is 0 Å². The summed E-state index contributed by atoms with van der Waals surface area (Å²) in [6, 6.07) is 6.56. The van der Waals surface area contributed by atoms with Gasteiger partial charge in [0, 0.05) is 0 Å². The van der Waals surface area contributed by atoms with Crippen molar-refractivity contribution >= 4 is 0 Å². The van der Waals surface area contributed by atoms with Gasteiger partial charge in [-0.15, -0.1) is 0 Å². The predicted molar refractivity (Wildman–Crippen MR) is 86.3 cm³/mol. The molecule has 0 spiro atoms. The van der Waals surface area contributed by atoms with Crippen molar-refractivity contribution in [2.75, 3.05) is 26.2 Å². The normalized spacial score (nSPS) is 26.1. The maximum absolute atomic E-state index is 6.04. The Bertz CT molecular complexity index is 449. The van der Waals surface area contributed by atoms with Gasteiger partial charge in [0.1, 0.15) is 44.2 Å². The molecule has 21 heavy (non-hydrogen) atoms. The third-order valence-corrected chi connectivity index (χ3v) is 4.21. The van der Waals surface area contributed by atoms with Crippen molar-refractivity contribution in [2.45, 2.75) is 52.7 Å². The Morgan fingerprint density at radius 3 is 2.52 bits per heavy atom. The molecule has 1 N–H and O–H groups in total. The number of ether oxygens (including phenoxy) is 2. The van der Waals surface area contributed by atoms with E-state index in [1.807, 2.05) is 0 Å². The molecule has 1 aliphatic rings. The van der Waals surface area contributed by atoms with Crippen LogP contribution in [0.5, 0.6) is 5.75 Å². The lowest BCUT2D eigenvalue weighted by molar-refractivity contribution is -0.915. The number of rotatable bonds is 5. The number of benzene rings is 1. The van der Waals surface area contributed by atoms with E-state index in [0.717, 1.165) is 32.0 Å². The van der Waals surface area contributed by atoms with Gasteiger partial charge in [-0.3, -0.25) is 0 Å². The molecule has 1 saturated heterocycles. The summed E-state index contributed by atoms with van der Waals surface area (Å²) in [5.41, 5.74) is 2.56. The molecular formula is C18H30NO2+. The van der Waals surface area contributed by atoms with Crippen LogP contribution in [0.1, 0.15) is 44.7 Å². The van der Waals surface area contributed by atoms with Gasteiger partial charge in [-0.2, -0.15) is 0 Å². The molecule has 1 aromatic rings. The number of hydrogen-bond donors (Lipinski definition) is 1. The Hall–Kier alpha value is -1.06. The second-order valence-corrected chi connectivity index (χ2v) is 6.69. The van der Waals surface area contributed by atoms with Crippen LogP contribution in [0.4, 0.5) is 0 Å². The number of morpholine rings is 1. The molecule has 3 heteroatoms. The van der Waals surface area contributed by atoms with E-state index in [9.17, 15) is 0 Å². The lowest BCUT2D eigenvalue weighted by Crippen LogP contribution is -3.16. The van der Waals surface area contributed by atoms with Gasteiger partial charge >= 0.3 is 0 Å². The third kappa shape index (κ3) is 4.72. The van der Waals surface area contributed by atoms with Gasteiger partial charge in [-0.05, 0) is 43.9 Å². The molecule has 1 aromatic carbocycles. The topological polar surface area (TPSA) is 22.9 Å². The third-order valence-electron chi connectivity index (χ3n) is 4.21. The van der Waals surface area contributed by atoms with E-state index in [-0.39, 0.29) is 0 Å². The molecule has 2 rings (SSSR count). The van der Waals surface area contributed by atoms with E-state index in [4.69, 9.17) is 9.47 Å². The van der Waals surface area contributed by atoms with Crippen LogP contribution in [-0.2, 0) is 4.74 Å². The Labute approximate surface area is 129 Å². The number of hydrogen-bond acceptors (Lipinski definition) is 2. The fourth-order valence-corrected chi connectivity index (χ4v) is 3.03. The Balaban J connectivity index is 1.87. The highest BCUT2D eigenvalue weighted by Gasteiger charge is 2.25. The lowest BCUT2D eigenvalue weighted by Gasteiger charge is -2.32. The molecule has 0 amide bonds. The van der Waals surface area contributed by atoms with Gasteiger partial charge in [0.15, 0.2) is 0 Å². The summed E-state index contributed by atoms with van der Waals surface area (Å²) in [4.78, 5) is 1.58. The Morgan fingerprint density at radius 2 is 1.90 bits per heavy atom. The molecule has 0 aliphatic carbocycles. The minimum absolute atomic E-state index is 0.356. The van der Waals surface area contributed by atoms with Crippen molar-refractivity contribution in [3.63, 3.8) is 0 Å². The van der Waals surface area contributed by atoms with E-state index in [1.54, 1.807) is 4.90 Å². The quantitative estimate of drug-likeness (QED) is 0.899. The van der Waals surface area contributed by atoms with Crippen molar-refractivity contribution in [1.82, 2.24) is 0 Å². The average molecular weight is 292 g/mol. The zero-order valence-corrected chi connectivity index (χ0v) is 14.1. The van der Waals surface area contributed by atoms with E-state index in [1.165, 1.54) is 11.1 Å². The molecule has 0 aromatic heterocycles. The summed E-state index contributed by atoms with van der Waals surface area (Å²) in [5, 5.41) is 0. The molecule has 3 atom stereocenters. The van der Waals surface area contributed by atoms with E-state index >= 15 is 0 Å². The number of aryl methyl sites for hydroxylation is 1. The van der Waals surface area contributed by atoms with Gasteiger partial charge in [-0.1, -0.05) is 26.0 Å². The monoisotopic (exact) mass is 292 g/mol. The highest BCUT2D eigenvalue weighted by molar-refractivity contribution is 5.37. The average Bonchev–Trinajstić information content (AvgIpc) is 2.39. The number of nitrogens with one attached hydrogen (secondary N) is 1. The SMILES string of the molecule is Cc1ccc(C(C)C)cc1OCC[NH+]1C[C@@H](C)O[C@@H](C)C1. The molecule has 0 saturated carbocycles. The fourth-order valence-electron chi connectivity index (χ4n) is 3.03. The van der Waals surface area contributed by atoms with Crippen molar-refractivity contribution in [3.8, 4) is 5.75 Å². The minimum Gasteiger partial charge on any atom is -0.487 e. The standard InChI is InChI=1S/C18H29NO2/c1-13(2)17-7-6-14(3)18(10-17)20-9-8-19-11-15(4)21-16(5)12-19/h6-7,10,13,15-16H,8-9,11-12H2,1-5H3/p+1/t15-,16+. The van der Waals surface area contributed by atoms with Crippen LogP contribution >= 0.6 is 0 Å². The lowest BCUT2D eigenvalue weighted by atomic mass is 10.0. The van der Waals surface area contributed by atoms with Crippen molar-refractivity contribution in [1.29, 1.82) is 0 Å². The highest BCUT2D eigenvalue weighted by atomic mass is 16.5. The van der Waals surface area contributed by atoms with Gasteiger partial charge in [-0.25, -0.2) is 0 Å². The van der Waals surface area contributed by atoms with Crippen LogP contribution in [0.2, 0.25) is 0 Å². The molecular weight excluding hydrogens is 262 g/mol. The van der Waals surface area contributed by atoms with Crippen LogP contribution in [0.15, 0.2) is 18.2 Å². The predicted octanol–water partition coefficient (Wildman–Crippen LogP) is 2.19. The van der Waals surface area contributed by atoms with Crippen LogP contribution in [0, 0.1) is 6.92 Å². The van der Waals surface area contributed by atoms with Gasteiger partial charge in [0.25, 0.3) is 0 Å². The van der Waals surface area contributed by atoms with Gasteiger partial charge < -0.3 is 14.4 Å². The summed E-state index contributed by atoms with van der Waals surface area (Å²) in [7, 11) is 0.